The van der Waals surface area contributed by atoms with E-state index in [4.69, 9.17) is 9.47 Å². The summed E-state index contributed by atoms with van der Waals surface area (Å²) in [5.41, 5.74) is 3.00. The number of ether oxygens (including phenoxy) is 2. The highest BCUT2D eigenvalue weighted by atomic mass is 32.2. The highest BCUT2D eigenvalue weighted by Gasteiger charge is 2.28. The molecule has 0 unspecified atom stereocenters. The first-order chi connectivity index (χ1) is 14.6. The van der Waals surface area contributed by atoms with Crippen LogP contribution in [0.4, 0.5) is 0 Å². The van der Waals surface area contributed by atoms with Crippen molar-refractivity contribution in [1.82, 2.24) is 9.71 Å². The van der Waals surface area contributed by atoms with Crippen molar-refractivity contribution in [3.05, 3.63) is 89.2 Å². The number of aliphatic imine (C=N–C) groups is 1. The van der Waals surface area contributed by atoms with E-state index < -0.39 is 10.0 Å². The number of nitrogens with zero attached hydrogens (tertiary/aromatic N) is 2. The lowest BCUT2D eigenvalue weighted by Gasteiger charge is -2.13. The summed E-state index contributed by atoms with van der Waals surface area (Å²) in [7, 11) is -2.21. The smallest absolute Gasteiger partial charge is 0.258 e. The molecule has 0 bridgehead atoms. The maximum absolute atomic E-state index is 12.7. The number of nitrogens with one attached hydrogen (secondary N) is 1. The van der Waals surface area contributed by atoms with Crippen LogP contribution in [0.25, 0.3) is 0 Å². The van der Waals surface area contributed by atoms with Crippen molar-refractivity contribution in [3.63, 3.8) is 0 Å². The Hall–Kier alpha value is -3.23. The molecule has 3 aromatic rings. The van der Waals surface area contributed by atoms with Gasteiger partial charge in [0.25, 0.3) is 10.0 Å². The quantitative estimate of drug-likeness (QED) is 0.631. The predicted molar refractivity (Wildman–Crippen MR) is 114 cm³/mol. The second-order valence-electron chi connectivity index (χ2n) is 6.70. The molecule has 8 heteroatoms. The van der Waals surface area contributed by atoms with Crippen molar-refractivity contribution in [2.45, 2.75) is 19.7 Å². The third-order valence-electron chi connectivity index (χ3n) is 4.68. The predicted octanol–water partition coefficient (Wildman–Crippen LogP) is 3.05. The van der Waals surface area contributed by atoms with E-state index >= 15 is 0 Å². The summed E-state index contributed by atoms with van der Waals surface area (Å²) in [6, 6.07) is 18.6. The van der Waals surface area contributed by atoms with E-state index in [1.807, 2.05) is 30.3 Å². The van der Waals surface area contributed by atoms with E-state index in [9.17, 15) is 8.42 Å². The number of rotatable bonds is 7. The maximum Gasteiger partial charge on any atom is 0.258 e. The zero-order valence-corrected chi connectivity index (χ0v) is 17.2. The molecule has 7 nitrogen and oxygen atoms in total. The normalized spacial score (nSPS) is 12.9. The molecule has 0 saturated heterocycles. The molecule has 1 aromatic heterocycles. The second-order valence-corrected chi connectivity index (χ2v) is 8.39. The molecule has 0 spiro atoms. The van der Waals surface area contributed by atoms with Crippen molar-refractivity contribution in [2.24, 2.45) is 4.99 Å². The molecule has 0 radical (unpaired) electrons. The first-order valence-corrected chi connectivity index (χ1v) is 10.9. The molecule has 0 aliphatic carbocycles. The summed E-state index contributed by atoms with van der Waals surface area (Å²) >= 11 is 0. The molecule has 2 heterocycles. The fraction of sp³-hybridized carbons (Fsp3) is 0.182. The second kappa shape index (κ2) is 8.64. The largest absolute Gasteiger partial charge is 0.493 e. The zero-order valence-electron chi connectivity index (χ0n) is 16.4. The van der Waals surface area contributed by atoms with Gasteiger partial charge in [-0.3, -0.25) is 9.98 Å². The Labute approximate surface area is 175 Å². The molecule has 4 rings (SSSR count). The van der Waals surface area contributed by atoms with Crippen LogP contribution < -0.4 is 14.2 Å². The van der Waals surface area contributed by atoms with Gasteiger partial charge in [-0.25, -0.2) is 13.1 Å². The van der Waals surface area contributed by atoms with Crippen LogP contribution in [-0.2, 0) is 29.7 Å². The highest BCUT2D eigenvalue weighted by molar-refractivity contribution is 8.05. The highest BCUT2D eigenvalue weighted by Crippen LogP contribution is 2.29. The minimum absolute atomic E-state index is 0.0281. The van der Waals surface area contributed by atoms with E-state index in [2.05, 4.69) is 14.7 Å². The molecule has 30 heavy (non-hydrogen) atoms. The van der Waals surface area contributed by atoms with Gasteiger partial charge in [0, 0.05) is 18.3 Å². The average molecular weight is 423 g/mol. The van der Waals surface area contributed by atoms with Crippen molar-refractivity contribution in [2.75, 3.05) is 7.11 Å². The molecule has 2 aromatic carbocycles. The summed E-state index contributed by atoms with van der Waals surface area (Å²) in [4.78, 5) is 8.32. The van der Waals surface area contributed by atoms with E-state index in [1.54, 1.807) is 43.6 Å². The molecule has 0 fully saturated rings. The lowest BCUT2D eigenvalue weighted by Crippen LogP contribution is -2.30. The fourth-order valence-electron chi connectivity index (χ4n) is 3.14. The Morgan fingerprint density at radius 2 is 1.83 bits per heavy atom. The lowest BCUT2D eigenvalue weighted by molar-refractivity contribution is 0.284. The molecular formula is C22H21N3O4S. The molecule has 1 aliphatic rings. The van der Waals surface area contributed by atoms with Gasteiger partial charge in [-0.15, -0.1) is 0 Å². The van der Waals surface area contributed by atoms with E-state index in [0.29, 0.717) is 29.4 Å². The summed E-state index contributed by atoms with van der Waals surface area (Å²) in [6.45, 7) is 0.788. The summed E-state index contributed by atoms with van der Waals surface area (Å²) in [6.07, 6.45) is 1.63. The van der Waals surface area contributed by atoms with Gasteiger partial charge in [0.2, 0.25) is 0 Å². The molecule has 0 atom stereocenters. The number of pyridine rings is 1. The first-order valence-electron chi connectivity index (χ1n) is 9.39. The van der Waals surface area contributed by atoms with Crippen molar-refractivity contribution in [3.8, 4) is 11.5 Å². The third-order valence-corrected chi connectivity index (χ3v) is 6.06. The Kier molecular flexibility index (Phi) is 5.78. The van der Waals surface area contributed by atoms with Gasteiger partial charge >= 0.3 is 0 Å². The van der Waals surface area contributed by atoms with E-state index in [0.717, 1.165) is 11.1 Å². The fourth-order valence-corrected chi connectivity index (χ4v) is 4.35. The van der Waals surface area contributed by atoms with Gasteiger partial charge in [-0.05, 0) is 35.4 Å². The minimum Gasteiger partial charge on any atom is -0.493 e. The van der Waals surface area contributed by atoms with E-state index in [1.165, 1.54) is 0 Å². The molecule has 1 aliphatic heterocycles. The van der Waals surface area contributed by atoms with Gasteiger partial charge in [0.1, 0.15) is 6.61 Å². The van der Waals surface area contributed by atoms with Crippen LogP contribution in [0, 0.1) is 0 Å². The number of fused-ring (bicyclic) bond motifs is 1. The monoisotopic (exact) mass is 423 g/mol. The maximum atomic E-state index is 12.7. The van der Waals surface area contributed by atoms with Gasteiger partial charge in [-0.2, -0.15) is 0 Å². The molecule has 154 valence electrons. The first kappa shape index (κ1) is 20.1. The lowest BCUT2D eigenvalue weighted by atomic mass is 10.2. The molecule has 1 N–H and O–H groups in total. The topological polar surface area (TPSA) is 89.9 Å². The molecule has 0 amide bonds. The summed E-state index contributed by atoms with van der Waals surface area (Å²) in [5.74, 6) is 1.13. The third kappa shape index (κ3) is 4.34. The van der Waals surface area contributed by atoms with Crippen molar-refractivity contribution in [1.29, 1.82) is 0 Å². The number of hydrogen-bond donors (Lipinski definition) is 1. The Morgan fingerprint density at radius 3 is 2.63 bits per heavy atom. The van der Waals surface area contributed by atoms with Gasteiger partial charge in [0.05, 0.1) is 19.3 Å². The Balaban J connectivity index is 1.44. The zero-order chi connectivity index (χ0) is 21.0. The Bertz CT molecular complexity index is 1180. The molecular weight excluding hydrogens is 402 g/mol. The van der Waals surface area contributed by atoms with Gasteiger partial charge in [-0.1, -0.05) is 36.4 Å². The van der Waals surface area contributed by atoms with Crippen LogP contribution in [0.5, 0.6) is 11.5 Å². The van der Waals surface area contributed by atoms with Crippen molar-refractivity contribution < 1.29 is 17.9 Å². The standard InChI is InChI=1S/C22H21N3O4S/c1-28-21-12-17(9-10-20(21)29-15-16-6-3-2-4-7-16)13-25-30(26,27)22-18-8-5-11-23-19(18)14-24-22/h2-12,25H,13-15H2,1H3. The minimum atomic E-state index is -3.76. The van der Waals surface area contributed by atoms with E-state index in [-0.39, 0.29) is 18.1 Å². The van der Waals surface area contributed by atoms with Gasteiger partial charge < -0.3 is 9.47 Å². The van der Waals surface area contributed by atoms with Crippen LogP contribution >= 0.6 is 0 Å². The van der Waals surface area contributed by atoms with Gasteiger partial charge in [0.15, 0.2) is 16.5 Å². The van der Waals surface area contributed by atoms with Crippen LogP contribution in [0.1, 0.15) is 22.4 Å². The summed E-state index contributed by atoms with van der Waals surface area (Å²) in [5, 5.41) is 0.0281. The average Bonchev–Trinajstić information content (AvgIpc) is 3.22. The SMILES string of the molecule is COc1cc(CNS(=O)(=O)C2=NCc3ncccc32)ccc1OCc1ccccc1. The number of aromatic nitrogens is 1. The number of methoxy groups -OCH3 is 1. The Morgan fingerprint density at radius 1 is 1.00 bits per heavy atom. The number of benzene rings is 2. The molecule has 0 saturated carbocycles. The van der Waals surface area contributed by atoms with Crippen LogP contribution in [0.3, 0.4) is 0 Å². The number of hydrogen-bond acceptors (Lipinski definition) is 6. The van der Waals surface area contributed by atoms with Crippen LogP contribution in [0.15, 0.2) is 71.9 Å². The summed E-state index contributed by atoms with van der Waals surface area (Å²) < 4.78 is 39.3. The number of sulfonamides is 1. The van der Waals surface area contributed by atoms with Crippen LogP contribution in [-0.4, -0.2) is 25.6 Å². The van der Waals surface area contributed by atoms with Crippen molar-refractivity contribution >= 4 is 15.1 Å². The van der Waals surface area contributed by atoms with Crippen LogP contribution in [0.2, 0.25) is 0 Å².